The highest BCUT2D eigenvalue weighted by atomic mass is 35.5. The van der Waals surface area contributed by atoms with Crippen molar-refractivity contribution < 1.29 is 22.7 Å². The molecule has 0 saturated carbocycles. The molecule has 2 rings (SSSR count). The molecule has 186 valence electrons. The molecular weight excluding hydrogens is 501 g/mol. The monoisotopic (exact) mass is 529 g/mol. The second-order valence-electron chi connectivity index (χ2n) is 7.71. The van der Waals surface area contributed by atoms with Crippen molar-refractivity contribution in [3.05, 3.63) is 58.1 Å². The first kappa shape index (κ1) is 27.8. The first-order valence-electron chi connectivity index (χ1n) is 10.6. The van der Waals surface area contributed by atoms with Crippen LogP contribution in [0.5, 0.6) is 5.75 Å². The summed E-state index contributed by atoms with van der Waals surface area (Å²) in [6, 6.07) is 10.4. The Hall–Kier alpha value is -2.49. The fourth-order valence-electron chi connectivity index (χ4n) is 3.19. The SMILES string of the molecule is CCCNC(=O)C(C)N(Cc1ccc(Cl)c(Cl)c1)C(=O)CN(c1cccc(OC)c1)S(C)(=O)=O. The van der Waals surface area contributed by atoms with E-state index < -0.39 is 28.5 Å². The zero-order valence-corrected chi connectivity index (χ0v) is 21.9. The van der Waals surface area contributed by atoms with Crippen molar-refractivity contribution in [2.45, 2.75) is 32.9 Å². The Morgan fingerprint density at radius 2 is 1.82 bits per heavy atom. The van der Waals surface area contributed by atoms with Gasteiger partial charge in [-0.05, 0) is 43.2 Å². The van der Waals surface area contributed by atoms with Gasteiger partial charge in [0.25, 0.3) is 0 Å². The number of halogens is 2. The Bertz CT molecular complexity index is 1130. The lowest BCUT2D eigenvalue weighted by molar-refractivity contribution is -0.139. The minimum atomic E-state index is -3.83. The predicted octanol–water partition coefficient (Wildman–Crippen LogP) is 3.71. The number of carbonyl (C=O) groups is 2. The number of sulfonamides is 1. The summed E-state index contributed by atoms with van der Waals surface area (Å²) in [6.45, 7) is 3.50. The highest BCUT2D eigenvalue weighted by Gasteiger charge is 2.30. The number of rotatable bonds is 11. The van der Waals surface area contributed by atoms with E-state index >= 15 is 0 Å². The molecule has 2 aromatic rings. The number of anilines is 1. The Balaban J connectivity index is 2.40. The third kappa shape index (κ3) is 7.51. The van der Waals surface area contributed by atoms with Crippen LogP contribution in [0.25, 0.3) is 0 Å². The number of nitrogens with one attached hydrogen (secondary N) is 1. The molecule has 0 heterocycles. The van der Waals surface area contributed by atoms with Gasteiger partial charge < -0.3 is 15.0 Å². The van der Waals surface area contributed by atoms with Gasteiger partial charge in [0.15, 0.2) is 0 Å². The fourth-order valence-corrected chi connectivity index (χ4v) is 4.35. The van der Waals surface area contributed by atoms with Crippen LogP contribution in [0.3, 0.4) is 0 Å². The van der Waals surface area contributed by atoms with Gasteiger partial charge in [0, 0.05) is 19.2 Å². The number of nitrogens with zero attached hydrogens (tertiary/aromatic N) is 2. The third-order valence-electron chi connectivity index (χ3n) is 5.07. The smallest absolute Gasteiger partial charge is 0.244 e. The minimum absolute atomic E-state index is 0.0339. The summed E-state index contributed by atoms with van der Waals surface area (Å²) >= 11 is 12.1. The number of ether oxygens (including phenoxy) is 1. The Morgan fingerprint density at radius 1 is 1.12 bits per heavy atom. The van der Waals surface area contributed by atoms with E-state index in [-0.39, 0.29) is 18.1 Å². The summed E-state index contributed by atoms with van der Waals surface area (Å²) in [6.07, 6.45) is 1.75. The topological polar surface area (TPSA) is 96.0 Å². The Kier molecular flexibility index (Phi) is 10.0. The van der Waals surface area contributed by atoms with E-state index in [0.717, 1.165) is 17.0 Å². The van der Waals surface area contributed by atoms with Gasteiger partial charge in [-0.25, -0.2) is 8.42 Å². The van der Waals surface area contributed by atoms with E-state index in [0.29, 0.717) is 27.9 Å². The fraction of sp³-hybridized carbons (Fsp3) is 0.391. The predicted molar refractivity (Wildman–Crippen MR) is 135 cm³/mol. The van der Waals surface area contributed by atoms with E-state index in [1.807, 2.05) is 6.92 Å². The van der Waals surface area contributed by atoms with Crippen LogP contribution in [0.15, 0.2) is 42.5 Å². The van der Waals surface area contributed by atoms with Gasteiger partial charge in [-0.1, -0.05) is 42.3 Å². The molecule has 0 aliphatic rings. The van der Waals surface area contributed by atoms with Crippen molar-refractivity contribution in [3.63, 3.8) is 0 Å². The summed E-state index contributed by atoms with van der Waals surface area (Å²) in [7, 11) is -2.36. The van der Waals surface area contributed by atoms with Gasteiger partial charge >= 0.3 is 0 Å². The number of amides is 2. The second kappa shape index (κ2) is 12.3. The summed E-state index contributed by atoms with van der Waals surface area (Å²) < 4.78 is 31.3. The summed E-state index contributed by atoms with van der Waals surface area (Å²) in [5.74, 6) is -0.459. The molecule has 0 aliphatic heterocycles. The molecule has 0 radical (unpaired) electrons. The van der Waals surface area contributed by atoms with E-state index in [4.69, 9.17) is 27.9 Å². The maximum absolute atomic E-state index is 13.5. The van der Waals surface area contributed by atoms with Crippen molar-refractivity contribution in [2.75, 3.05) is 30.8 Å². The van der Waals surface area contributed by atoms with Gasteiger partial charge in [-0.3, -0.25) is 13.9 Å². The number of hydrogen-bond donors (Lipinski definition) is 1. The number of methoxy groups -OCH3 is 1. The quantitative estimate of drug-likeness (QED) is 0.478. The molecule has 0 aliphatic carbocycles. The van der Waals surface area contributed by atoms with Gasteiger partial charge in [0.05, 0.1) is 29.1 Å². The third-order valence-corrected chi connectivity index (χ3v) is 6.95. The molecule has 8 nitrogen and oxygen atoms in total. The zero-order chi connectivity index (χ0) is 25.5. The van der Waals surface area contributed by atoms with Gasteiger partial charge in [0.2, 0.25) is 21.8 Å². The molecule has 2 aromatic carbocycles. The Labute approximate surface area is 210 Å². The molecule has 1 atom stereocenters. The van der Waals surface area contributed by atoms with Crippen molar-refractivity contribution in [1.82, 2.24) is 10.2 Å². The lowest BCUT2D eigenvalue weighted by Gasteiger charge is -2.31. The van der Waals surface area contributed by atoms with Crippen molar-refractivity contribution >= 4 is 50.7 Å². The molecule has 1 N–H and O–H groups in total. The number of carbonyl (C=O) groups excluding carboxylic acids is 2. The molecule has 0 saturated heterocycles. The van der Waals surface area contributed by atoms with Crippen molar-refractivity contribution in [2.24, 2.45) is 0 Å². The van der Waals surface area contributed by atoms with Crippen molar-refractivity contribution in [3.8, 4) is 5.75 Å². The molecular formula is C23H29Cl2N3O5S. The first-order valence-corrected chi connectivity index (χ1v) is 13.2. The van der Waals surface area contributed by atoms with Crippen molar-refractivity contribution in [1.29, 1.82) is 0 Å². The largest absolute Gasteiger partial charge is 0.497 e. The standard InChI is InChI=1S/C23H29Cl2N3O5S/c1-5-11-26-23(30)16(2)27(14-17-9-10-20(24)21(25)12-17)22(29)15-28(34(4,31)32)18-7-6-8-19(13-18)33-3/h6-10,12-13,16H,5,11,14-15H2,1-4H3,(H,26,30). The maximum atomic E-state index is 13.5. The summed E-state index contributed by atoms with van der Waals surface area (Å²) in [4.78, 5) is 27.5. The van der Waals surface area contributed by atoms with Crippen LogP contribution in [0, 0.1) is 0 Å². The van der Waals surface area contributed by atoms with Gasteiger partial charge in [-0.2, -0.15) is 0 Å². The molecule has 11 heteroatoms. The summed E-state index contributed by atoms with van der Waals surface area (Å²) in [5, 5.41) is 3.44. The highest BCUT2D eigenvalue weighted by Crippen LogP contribution is 2.25. The van der Waals surface area contributed by atoms with Crippen LogP contribution in [0.2, 0.25) is 10.0 Å². The van der Waals surface area contributed by atoms with E-state index in [1.165, 1.54) is 18.1 Å². The second-order valence-corrected chi connectivity index (χ2v) is 10.4. The van der Waals surface area contributed by atoms with E-state index in [9.17, 15) is 18.0 Å². The van der Waals surface area contributed by atoms with Crippen LogP contribution in [-0.4, -0.2) is 57.6 Å². The van der Waals surface area contributed by atoms with Crippen LogP contribution in [0.4, 0.5) is 5.69 Å². The lowest BCUT2D eigenvalue weighted by Crippen LogP contribution is -2.51. The number of hydrogen-bond acceptors (Lipinski definition) is 5. The van der Waals surface area contributed by atoms with Gasteiger partial charge in [-0.15, -0.1) is 0 Å². The normalized spacial score (nSPS) is 12.1. The maximum Gasteiger partial charge on any atom is 0.244 e. The minimum Gasteiger partial charge on any atom is -0.497 e. The average molecular weight is 530 g/mol. The molecule has 34 heavy (non-hydrogen) atoms. The zero-order valence-electron chi connectivity index (χ0n) is 19.5. The van der Waals surface area contributed by atoms with Crippen LogP contribution < -0.4 is 14.4 Å². The van der Waals surface area contributed by atoms with Crippen LogP contribution in [0.1, 0.15) is 25.8 Å². The molecule has 0 fully saturated rings. The lowest BCUT2D eigenvalue weighted by atomic mass is 10.1. The summed E-state index contributed by atoms with van der Waals surface area (Å²) in [5.41, 5.74) is 0.915. The first-order chi connectivity index (χ1) is 16.0. The van der Waals surface area contributed by atoms with E-state index in [1.54, 1.807) is 43.3 Å². The molecule has 0 bridgehead atoms. The average Bonchev–Trinajstić information content (AvgIpc) is 2.80. The molecule has 2 amide bonds. The molecule has 0 spiro atoms. The molecule has 0 aromatic heterocycles. The highest BCUT2D eigenvalue weighted by molar-refractivity contribution is 7.92. The Morgan fingerprint density at radius 3 is 2.41 bits per heavy atom. The number of benzene rings is 2. The molecule has 1 unspecified atom stereocenters. The van der Waals surface area contributed by atoms with Gasteiger partial charge in [0.1, 0.15) is 18.3 Å². The van der Waals surface area contributed by atoms with Crippen LogP contribution >= 0.6 is 23.2 Å². The van der Waals surface area contributed by atoms with E-state index in [2.05, 4.69) is 5.32 Å². The van der Waals surface area contributed by atoms with Crippen LogP contribution in [-0.2, 0) is 26.2 Å².